The highest BCUT2D eigenvalue weighted by molar-refractivity contribution is 5.90. The van der Waals surface area contributed by atoms with Gasteiger partial charge in [0.2, 0.25) is 0 Å². The Morgan fingerprint density at radius 1 is 1.21 bits per heavy atom. The molecular weight excluding hydrogens is 308 g/mol. The van der Waals surface area contributed by atoms with Crippen LogP contribution in [0.1, 0.15) is 40.4 Å². The molecule has 1 aromatic carbocycles. The molecule has 124 valence electrons. The van der Waals surface area contributed by atoms with Gasteiger partial charge in [0.05, 0.1) is 6.04 Å². The summed E-state index contributed by atoms with van der Waals surface area (Å²) in [5, 5.41) is 2.89. The number of fused-ring (bicyclic) bond motifs is 1. The highest BCUT2D eigenvalue weighted by Gasteiger charge is 2.22. The summed E-state index contributed by atoms with van der Waals surface area (Å²) in [5.74, 6) is -1.19. The van der Waals surface area contributed by atoms with E-state index in [1.165, 1.54) is 23.9 Å². The minimum Gasteiger partial charge on any atom is -0.452 e. The van der Waals surface area contributed by atoms with Gasteiger partial charge < -0.3 is 15.0 Å². The zero-order valence-electron chi connectivity index (χ0n) is 13.1. The van der Waals surface area contributed by atoms with E-state index >= 15 is 0 Å². The van der Waals surface area contributed by atoms with Crippen molar-refractivity contribution in [1.82, 2.24) is 10.3 Å². The molecule has 0 spiro atoms. The van der Waals surface area contributed by atoms with Crippen molar-refractivity contribution in [2.75, 3.05) is 6.61 Å². The number of aryl methyl sites for hydroxylation is 1. The van der Waals surface area contributed by atoms with Crippen LogP contribution in [0.15, 0.2) is 47.4 Å². The number of benzene rings is 1. The van der Waals surface area contributed by atoms with Crippen LogP contribution < -0.4 is 10.9 Å². The zero-order chi connectivity index (χ0) is 16.9. The van der Waals surface area contributed by atoms with Gasteiger partial charge in [0.15, 0.2) is 6.61 Å². The van der Waals surface area contributed by atoms with E-state index in [4.69, 9.17) is 4.74 Å². The minimum absolute atomic E-state index is 0.0683. The second-order valence-electron chi connectivity index (χ2n) is 5.70. The van der Waals surface area contributed by atoms with Gasteiger partial charge in [-0.25, -0.2) is 4.79 Å². The number of pyridine rings is 1. The Hall–Kier alpha value is -2.89. The number of aromatic nitrogens is 1. The predicted octanol–water partition coefficient (Wildman–Crippen LogP) is 1.73. The van der Waals surface area contributed by atoms with Crippen LogP contribution in [0.4, 0.5) is 0 Å². The molecule has 0 fully saturated rings. The summed E-state index contributed by atoms with van der Waals surface area (Å²) in [5.41, 5.74) is 1.70. The lowest BCUT2D eigenvalue weighted by Gasteiger charge is -2.26. The summed E-state index contributed by atoms with van der Waals surface area (Å²) in [6, 6.07) is 10.8. The van der Waals surface area contributed by atoms with Gasteiger partial charge in [-0.1, -0.05) is 24.3 Å². The molecule has 24 heavy (non-hydrogen) atoms. The first-order valence-corrected chi connectivity index (χ1v) is 7.87. The number of hydrogen-bond acceptors (Lipinski definition) is 4. The van der Waals surface area contributed by atoms with Crippen molar-refractivity contribution in [2.45, 2.75) is 25.3 Å². The van der Waals surface area contributed by atoms with E-state index < -0.39 is 18.1 Å². The van der Waals surface area contributed by atoms with E-state index in [-0.39, 0.29) is 17.5 Å². The molecule has 1 aliphatic rings. The van der Waals surface area contributed by atoms with Crippen molar-refractivity contribution in [1.29, 1.82) is 0 Å². The molecular formula is C18H18N2O4. The summed E-state index contributed by atoms with van der Waals surface area (Å²) in [6.07, 6.45) is 4.29. The molecule has 6 heteroatoms. The standard InChI is InChI=1S/C18H18N2O4/c21-16(11-24-18(23)14-8-4-10-19-17(14)22)20-15-9-3-6-12-5-1-2-7-13(12)15/h1-2,4-5,7-8,10,15H,3,6,9,11H2,(H,19,22)(H,20,21)/t15-/m0/s1. The van der Waals surface area contributed by atoms with Crippen molar-refractivity contribution >= 4 is 11.9 Å². The summed E-state index contributed by atoms with van der Waals surface area (Å²) >= 11 is 0. The third-order valence-corrected chi connectivity index (χ3v) is 4.08. The van der Waals surface area contributed by atoms with Crippen molar-refractivity contribution in [3.8, 4) is 0 Å². The molecule has 6 nitrogen and oxygen atoms in total. The second-order valence-corrected chi connectivity index (χ2v) is 5.70. The van der Waals surface area contributed by atoms with Crippen LogP contribution in [0.25, 0.3) is 0 Å². The van der Waals surface area contributed by atoms with Gasteiger partial charge in [0, 0.05) is 6.20 Å². The fourth-order valence-corrected chi connectivity index (χ4v) is 2.93. The average Bonchev–Trinajstić information content (AvgIpc) is 2.60. The molecule has 0 unspecified atom stereocenters. The lowest BCUT2D eigenvalue weighted by molar-refractivity contribution is -0.125. The molecule has 0 aliphatic heterocycles. The Morgan fingerprint density at radius 3 is 2.88 bits per heavy atom. The molecule has 3 rings (SSSR count). The molecule has 0 radical (unpaired) electrons. The van der Waals surface area contributed by atoms with Crippen molar-refractivity contribution in [3.05, 3.63) is 69.6 Å². The number of aromatic amines is 1. The largest absolute Gasteiger partial charge is 0.452 e. The first kappa shape index (κ1) is 16.0. The number of nitrogens with one attached hydrogen (secondary N) is 2. The second kappa shape index (κ2) is 7.12. The molecule has 1 aromatic heterocycles. The number of ether oxygens (including phenoxy) is 1. The Kier molecular flexibility index (Phi) is 4.74. The van der Waals surface area contributed by atoms with Gasteiger partial charge in [-0.05, 0) is 42.5 Å². The maximum absolute atomic E-state index is 12.1. The van der Waals surface area contributed by atoms with Crippen LogP contribution in [0.5, 0.6) is 0 Å². The summed E-state index contributed by atoms with van der Waals surface area (Å²) < 4.78 is 4.93. The average molecular weight is 326 g/mol. The molecule has 2 N–H and O–H groups in total. The Morgan fingerprint density at radius 2 is 2.04 bits per heavy atom. The highest BCUT2D eigenvalue weighted by Crippen LogP contribution is 2.29. The van der Waals surface area contributed by atoms with E-state index in [9.17, 15) is 14.4 Å². The van der Waals surface area contributed by atoms with Crippen LogP contribution in [0.3, 0.4) is 0 Å². The Bertz CT molecular complexity index is 812. The number of esters is 1. The first-order chi connectivity index (χ1) is 11.6. The van der Waals surface area contributed by atoms with Crippen LogP contribution in [0, 0.1) is 0 Å². The SMILES string of the molecule is O=C(COC(=O)c1ccc[nH]c1=O)N[C@H]1CCCc2ccccc21. The molecule has 2 aromatic rings. The molecule has 1 atom stereocenters. The van der Waals surface area contributed by atoms with E-state index in [0.29, 0.717) is 0 Å². The lowest BCUT2D eigenvalue weighted by atomic mass is 9.88. The third kappa shape index (κ3) is 3.53. The number of carbonyl (C=O) groups excluding carboxylic acids is 2. The van der Waals surface area contributed by atoms with Gasteiger partial charge >= 0.3 is 5.97 Å². The van der Waals surface area contributed by atoms with Crippen LogP contribution in [-0.4, -0.2) is 23.5 Å². The van der Waals surface area contributed by atoms with Crippen LogP contribution in [-0.2, 0) is 16.0 Å². The minimum atomic E-state index is -0.809. The summed E-state index contributed by atoms with van der Waals surface area (Å²) in [4.78, 5) is 37.8. The maximum Gasteiger partial charge on any atom is 0.344 e. The highest BCUT2D eigenvalue weighted by atomic mass is 16.5. The normalized spacial score (nSPS) is 16.1. The van der Waals surface area contributed by atoms with Gasteiger partial charge in [-0.15, -0.1) is 0 Å². The lowest BCUT2D eigenvalue weighted by Crippen LogP contribution is -2.34. The summed E-state index contributed by atoms with van der Waals surface area (Å²) in [7, 11) is 0. The maximum atomic E-state index is 12.1. The number of rotatable bonds is 4. The molecule has 1 aliphatic carbocycles. The van der Waals surface area contributed by atoms with Crippen LogP contribution in [0.2, 0.25) is 0 Å². The predicted molar refractivity (Wildman–Crippen MR) is 87.6 cm³/mol. The van der Waals surface area contributed by atoms with E-state index in [1.54, 1.807) is 0 Å². The van der Waals surface area contributed by atoms with Gasteiger partial charge in [-0.2, -0.15) is 0 Å². The zero-order valence-corrected chi connectivity index (χ0v) is 13.1. The number of H-pyrrole nitrogens is 1. The van der Waals surface area contributed by atoms with Crippen LogP contribution >= 0.6 is 0 Å². The van der Waals surface area contributed by atoms with Gasteiger partial charge in [0.25, 0.3) is 11.5 Å². The fourth-order valence-electron chi connectivity index (χ4n) is 2.93. The monoisotopic (exact) mass is 326 g/mol. The topological polar surface area (TPSA) is 88.3 Å². The molecule has 0 saturated carbocycles. The third-order valence-electron chi connectivity index (χ3n) is 4.08. The van der Waals surface area contributed by atoms with Gasteiger partial charge in [-0.3, -0.25) is 9.59 Å². The molecule has 0 saturated heterocycles. The summed E-state index contributed by atoms with van der Waals surface area (Å²) in [6.45, 7) is -0.411. The van der Waals surface area contributed by atoms with E-state index in [0.717, 1.165) is 24.8 Å². The molecule has 1 heterocycles. The van der Waals surface area contributed by atoms with Crippen molar-refractivity contribution in [3.63, 3.8) is 0 Å². The quantitative estimate of drug-likeness (QED) is 0.838. The fraction of sp³-hybridized carbons (Fsp3) is 0.278. The molecule has 1 amide bonds. The Balaban J connectivity index is 1.58. The van der Waals surface area contributed by atoms with E-state index in [2.05, 4.69) is 16.4 Å². The van der Waals surface area contributed by atoms with Crippen molar-refractivity contribution < 1.29 is 14.3 Å². The van der Waals surface area contributed by atoms with E-state index in [1.807, 2.05) is 18.2 Å². The smallest absolute Gasteiger partial charge is 0.344 e. The molecule has 0 bridgehead atoms. The van der Waals surface area contributed by atoms with Crippen molar-refractivity contribution in [2.24, 2.45) is 0 Å². The number of carbonyl (C=O) groups is 2. The number of amides is 1. The Labute approximate surface area is 138 Å². The van der Waals surface area contributed by atoms with Gasteiger partial charge in [0.1, 0.15) is 5.56 Å². The number of hydrogen-bond donors (Lipinski definition) is 2. The first-order valence-electron chi connectivity index (χ1n) is 7.87.